The van der Waals surface area contributed by atoms with E-state index in [1.165, 1.54) is 99.1 Å². The van der Waals surface area contributed by atoms with Gasteiger partial charge in [-0.15, -0.1) is 0 Å². The van der Waals surface area contributed by atoms with Gasteiger partial charge in [0.2, 0.25) is 0 Å². The normalized spacial score (nSPS) is 12.4. The van der Waals surface area contributed by atoms with E-state index in [1.807, 2.05) is 0 Å². The predicted octanol–water partition coefficient (Wildman–Crippen LogP) is 19.6. The van der Waals surface area contributed by atoms with E-state index >= 15 is 0 Å². The van der Waals surface area contributed by atoms with Crippen molar-refractivity contribution in [1.82, 2.24) is 0 Å². The third kappa shape index (κ3) is 7.00. The van der Waals surface area contributed by atoms with Crippen molar-refractivity contribution in [3.05, 3.63) is 320 Å². The minimum absolute atomic E-state index is 0.473. The van der Waals surface area contributed by atoms with Gasteiger partial charge in [-0.05, 0) is 141 Å². The molecular weight excluding hydrogens is 891 g/mol. The first-order valence-electron chi connectivity index (χ1n) is 25.7. The monoisotopic (exact) mass is 939 g/mol. The van der Waals surface area contributed by atoms with Crippen LogP contribution in [0, 0.1) is 0 Å². The summed E-state index contributed by atoms with van der Waals surface area (Å²) in [5.41, 5.74) is 20.0. The highest BCUT2D eigenvalue weighted by Crippen LogP contribution is 2.57. The van der Waals surface area contributed by atoms with E-state index in [9.17, 15) is 0 Å². The zero-order valence-corrected chi connectivity index (χ0v) is 40.7. The maximum atomic E-state index is 2.46. The van der Waals surface area contributed by atoms with Crippen LogP contribution >= 0.6 is 0 Å². The molecular formula is C73H49N. The van der Waals surface area contributed by atoms with Crippen LogP contribution in [0.2, 0.25) is 0 Å². The molecule has 0 aliphatic heterocycles. The van der Waals surface area contributed by atoms with Crippen LogP contribution in [-0.2, 0) is 5.41 Å². The SMILES string of the molecule is c1ccc(-c2cccc3cccc(-c4ccccc4N(c4ccc(-c5ccc6c(c5)C(c5ccccc5)(c5ccccc5)c5ccccc5-6)cc4)c4ccc(-c5cccc6c5ccc5ccccc56)cc4)c23)cc1. The molecule has 0 amide bonds. The lowest BCUT2D eigenvalue weighted by molar-refractivity contribution is 0.769. The highest BCUT2D eigenvalue weighted by molar-refractivity contribution is 6.12. The molecule has 13 aromatic rings. The van der Waals surface area contributed by atoms with Crippen molar-refractivity contribution in [1.29, 1.82) is 0 Å². The fourth-order valence-corrected chi connectivity index (χ4v) is 12.3. The predicted molar refractivity (Wildman–Crippen MR) is 313 cm³/mol. The summed E-state index contributed by atoms with van der Waals surface area (Å²) in [5, 5.41) is 7.50. The molecule has 1 aliphatic carbocycles. The van der Waals surface area contributed by atoms with E-state index in [0.717, 1.165) is 28.2 Å². The summed E-state index contributed by atoms with van der Waals surface area (Å²) in [5.74, 6) is 0. The molecule has 13 aromatic carbocycles. The van der Waals surface area contributed by atoms with Gasteiger partial charge >= 0.3 is 0 Å². The summed E-state index contributed by atoms with van der Waals surface area (Å²) in [7, 11) is 0. The number of benzene rings is 13. The Balaban J connectivity index is 0.925. The number of nitrogens with zero attached hydrogens (tertiary/aromatic N) is 1. The summed E-state index contributed by atoms with van der Waals surface area (Å²) in [6.45, 7) is 0. The van der Waals surface area contributed by atoms with Gasteiger partial charge in [0.1, 0.15) is 0 Å². The van der Waals surface area contributed by atoms with Gasteiger partial charge in [0.25, 0.3) is 0 Å². The third-order valence-corrected chi connectivity index (χ3v) is 15.6. The van der Waals surface area contributed by atoms with Crippen molar-refractivity contribution in [2.24, 2.45) is 0 Å². The molecule has 1 aliphatic rings. The molecule has 1 heteroatoms. The molecule has 0 bridgehead atoms. The molecule has 74 heavy (non-hydrogen) atoms. The molecule has 0 fully saturated rings. The number of hydrogen-bond donors (Lipinski definition) is 0. The Kier molecular flexibility index (Phi) is 10.5. The van der Waals surface area contributed by atoms with Gasteiger partial charge in [0, 0.05) is 16.9 Å². The maximum Gasteiger partial charge on any atom is 0.0713 e. The summed E-state index contributed by atoms with van der Waals surface area (Å²) in [6, 6.07) is 110. The molecule has 0 heterocycles. The van der Waals surface area contributed by atoms with Crippen LogP contribution in [0.25, 0.3) is 88.0 Å². The summed E-state index contributed by atoms with van der Waals surface area (Å²) in [4.78, 5) is 2.44. The molecule has 14 rings (SSSR count). The molecule has 0 atom stereocenters. The molecule has 0 N–H and O–H groups in total. The number of anilines is 3. The molecule has 0 unspecified atom stereocenters. The number of rotatable bonds is 9. The van der Waals surface area contributed by atoms with Crippen molar-refractivity contribution < 1.29 is 0 Å². The van der Waals surface area contributed by atoms with E-state index in [-0.39, 0.29) is 0 Å². The molecule has 346 valence electrons. The molecule has 0 saturated heterocycles. The quantitative estimate of drug-likeness (QED) is 0.130. The van der Waals surface area contributed by atoms with Gasteiger partial charge in [-0.25, -0.2) is 0 Å². The average Bonchev–Trinajstić information content (AvgIpc) is 3.78. The summed E-state index contributed by atoms with van der Waals surface area (Å²) < 4.78 is 0. The van der Waals surface area contributed by atoms with Crippen LogP contribution < -0.4 is 4.90 Å². The second-order valence-corrected chi connectivity index (χ2v) is 19.5. The van der Waals surface area contributed by atoms with Gasteiger partial charge in [-0.3, -0.25) is 0 Å². The first-order valence-corrected chi connectivity index (χ1v) is 25.7. The third-order valence-electron chi connectivity index (χ3n) is 15.6. The van der Waals surface area contributed by atoms with Crippen molar-refractivity contribution in [2.75, 3.05) is 4.90 Å². The number of fused-ring (bicyclic) bond motifs is 7. The fraction of sp³-hybridized carbons (Fsp3) is 0.0137. The van der Waals surface area contributed by atoms with Crippen LogP contribution in [-0.4, -0.2) is 0 Å². The van der Waals surface area contributed by atoms with Crippen LogP contribution in [0.4, 0.5) is 17.1 Å². The second kappa shape index (κ2) is 17.9. The highest BCUT2D eigenvalue weighted by atomic mass is 15.1. The Bertz CT molecular complexity index is 4170. The van der Waals surface area contributed by atoms with Gasteiger partial charge in [-0.2, -0.15) is 0 Å². The zero-order valence-electron chi connectivity index (χ0n) is 40.7. The van der Waals surface area contributed by atoms with Crippen LogP contribution in [0.3, 0.4) is 0 Å². The Morgan fingerprint density at radius 3 is 1.47 bits per heavy atom. The smallest absolute Gasteiger partial charge is 0.0713 e. The summed E-state index contributed by atoms with van der Waals surface area (Å²) in [6.07, 6.45) is 0. The maximum absolute atomic E-state index is 2.46. The van der Waals surface area contributed by atoms with Crippen molar-refractivity contribution in [2.45, 2.75) is 5.41 Å². The zero-order chi connectivity index (χ0) is 49.0. The molecule has 0 aromatic heterocycles. The van der Waals surface area contributed by atoms with Crippen LogP contribution in [0.5, 0.6) is 0 Å². The van der Waals surface area contributed by atoms with Crippen molar-refractivity contribution in [3.63, 3.8) is 0 Å². The Morgan fingerprint density at radius 1 is 0.243 bits per heavy atom. The fourth-order valence-electron chi connectivity index (χ4n) is 12.3. The standard InChI is InChI=1S/C73H49N/c1-4-19-51(20-5-1)62-32-16-22-54-23-17-34-68(72(54)62)67-30-13-15-36-71(67)74(59-45-39-53(40-46-59)61-31-18-33-63-60-28-11-10-21-52(60)41-47-64(61)63)58-43-37-50(38-44-58)55-42-48-66-65-29-12-14-35-69(65)73(70(66)49-55,56-24-6-2-7-25-56)57-26-8-3-9-27-57/h1-49H. The van der Waals surface area contributed by atoms with Gasteiger partial charge in [-0.1, -0.05) is 261 Å². The van der Waals surface area contributed by atoms with Crippen LogP contribution in [0.15, 0.2) is 297 Å². The highest BCUT2D eigenvalue weighted by Gasteiger charge is 2.46. The molecule has 1 nitrogen and oxygen atoms in total. The van der Waals surface area contributed by atoms with Crippen molar-refractivity contribution in [3.8, 4) is 55.6 Å². The largest absolute Gasteiger partial charge is 0.310 e. The van der Waals surface area contributed by atoms with Crippen LogP contribution in [0.1, 0.15) is 22.3 Å². The van der Waals surface area contributed by atoms with Gasteiger partial charge in [0.15, 0.2) is 0 Å². The lowest BCUT2D eigenvalue weighted by Gasteiger charge is -2.34. The topological polar surface area (TPSA) is 3.24 Å². The number of para-hydroxylation sites is 1. The molecule has 0 saturated carbocycles. The average molecular weight is 940 g/mol. The minimum atomic E-state index is -0.473. The minimum Gasteiger partial charge on any atom is -0.310 e. The lowest BCUT2D eigenvalue weighted by atomic mass is 9.67. The van der Waals surface area contributed by atoms with E-state index in [1.54, 1.807) is 0 Å². The Labute approximate surface area is 432 Å². The van der Waals surface area contributed by atoms with E-state index in [4.69, 9.17) is 0 Å². The first-order chi connectivity index (χ1) is 36.7. The number of hydrogen-bond acceptors (Lipinski definition) is 1. The molecule has 0 radical (unpaired) electrons. The van der Waals surface area contributed by atoms with Gasteiger partial charge in [0.05, 0.1) is 11.1 Å². The Morgan fingerprint density at radius 2 is 0.743 bits per heavy atom. The molecule has 0 spiro atoms. The van der Waals surface area contributed by atoms with Crippen molar-refractivity contribution >= 4 is 49.4 Å². The Hall–Kier alpha value is -9.56. The van der Waals surface area contributed by atoms with E-state index < -0.39 is 5.41 Å². The summed E-state index contributed by atoms with van der Waals surface area (Å²) >= 11 is 0. The first kappa shape index (κ1) is 43.2. The second-order valence-electron chi connectivity index (χ2n) is 19.5. The lowest BCUT2D eigenvalue weighted by Crippen LogP contribution is -2.28. The van der Waals surface area contributed by atoms with Gasteiger partial charge < -0.3 is 4.90 Å². The van der Waals surface area contributed by atoms with E-state index in [0.29, 0.717) is 0 Å². The van der Waals surface area contributed by atoms with E-state index in [2.05, 4.69) is 302 Å².